The fraction of sp³-hybridized carbons (Fsp3) is 0.417. The first-order chi connectivity index (χ1) is 13.6. The van der Waals surface area contributed by atoms with Gasteiger partial charge in [0.15, 0.2) is 5.82 Å². The molecule has 0 unspecified atom stereocenters. The predicted octanol–water partition coefficient (Wildman–Crippen LogP) is 5.08. The molecule has 4 heteroatoms. The van der Waals surface area contributed by atoms with Crippen LogP contribution in [-0.4, -0.2) is 37.0 Å². The number of rotatable bonds is 7. The third kappa shape index (κ3) is 3.74. The maximum atomic E-state index is 5.35. The van der Waals surface area contributed by atoms with E-state index in [9.17, 15) is 0 Å². The molecule has 3 aromatic rings. The number of anilines is 1. The first-order valence-corrected chi connectivity index (χ1v) is 10.2. The molecule has 2 aromatic carbocycles. The van der Waals surface area contributed by atoms with Gasteiger partial charge in [0.25, 0.3) is 0 Å². The highest BCUT2D eigenvalue weighted by molar-refractivity contribution is 6.01. The molecule has 0 bridgehead atoms. The van der Waals surface area contributed by atoms with Gasteiger partial charge < -0.3 is 9.64 Å². The third-order valence-corrected chi connectivity index (χ3v) is 5.62. The summed E-state index contributed by atoms with van der Waals surface area (Å²) in [4.78, 5) is 2.36. The van der Waals surface area contributed by atoms with Crippen LogP contribution in [0.3, 0.4) is 0 Å². The van der Waals surface area contributed by atoms with Gasteiger partial charge in [-0.15, -0.1) is 10.2 Å². The molecule has 28 heavy (non-hydrogen) atoms. The van der Waals surface area contributed by atoms with Gasteiger partial charge in [0.05, 0.1) is 6.61 Å². The van der Waals surface area contributed by atoms with Gasteiger partial charge in [0, 0.05) is 36.5 Å². The summed E-state index contributed by atoms with van der Waals surface area (Å²) >= 11 is 0. The minimum absolute atomic E-state index is 0.695. The van der Waals surface area contributed by atoms with E-state index in [4.69, 9.17) is 14.9 Å². The molecule has 1 heterocycles. The van der Waals surface area contributed by atoms with Crippen molar-refractivity contribution in [3.63, 3.8) is 0 Å². The molecule has 0 N–H and O–H groups in total. The topological polar surface area (TPSA) is 38.2 Å². The summed E-state index contributed by atoms with van der Waals surface area (Å²) in [5, 5.41) is 11.8. The van der Waals surface area contributed by atoms with Crippen LogP contribution in [0, 0.1) is 26.7 Å². The van der Waals surface area contributed by atoms with Gasteiger partial charge in [-0.05, 0) is 50.7 Å². The van der Waals surface area contributed by atoms with Crippen LogP contribution in [0.4, 0.5) is 5.82 Å². The molecule has 0 spiro atoms. The van der Waals surface area contributed by atoms with Crippen molar-refractivity contribution in [3.05, 3.63) is 53.1 Å². The van der Waals surface area contributed by atoms with Gasteiger partial charge in [-0.1, -0.05) is 42.0 Å². The van der Waals surface area contributed by atoms with Crippen molar-refractivity contribution >= 4 is 16.6 Å². The first-order valence-electron chi connectivity index (χ1n) is 10.2. The van der Waals surface area contributed by atoms with Crippen molar-refractivity contribution in [2.24, 2.45) is 5.92 Å². The third-order valence-electron chi connectivity index (χ3n) is 5.62. The molecular weight excluding hydrogens is 346 g/mol. The smallest absolute Gasteiger partial charge is 0.159 e. The largest absolute Gasteiger partial charge is 0.383 e. The van der Waals surface area contributed by atoms with Crippen LogP contribution >= 0.6 is 0 Å². The Morgan fingerprint density at radius 2 is 1.68 bits per heavy atom. The predicted molar refractivity (Wildman–Crippen MR) is 116 cm³/mol. The van der Waals surface area contributed by atoms with E-state index < -0.39 is 0 Å². The molecule has 0 radical (unpaired) electrons. The van der Waals surface area contributed by atoms with Crippen LogP contribution < -0.4 is 4.90 Å². The number of hydrogen-bond donors (Lipinski definition) is 0. The van der Waals surface area contributed by atoms with Crippen LogP contribution in [0.5, 0.6) is 0 Å². The second-order valence-electron chi connectivity index (χ2n) is 8.07. The highest BCUT2D eigenvalue weighted by atomic mass is 16.5. The van der Waals surface area contributed by atoms with E-state index in [0.29, 0.717) is 6.61 Å². The number of fused-ring (bicyclic) bond motifs is 1. The van der Waals surface area contributed by atoms with Gasteiger partial charge in [-0.25, -0.2) is 0 Å². The molecule has 0 aliphatic heterocycles. The Labute approximate surface area is 167 Å². The van der Waals surface area contributed by atoms with Crippen molar-refractivity contribution < 1.29 is 4.74 Å². The van der Waals surface area contributed by atoms with Crippen molar-refractivity contribution in [1.82, 2.24) is 10.2 Å². The Balaban J connectivity index is 1.85. The quantitative estimate of drug-likeness (QED) is 0.577. The number of ether oxygens (including phenoxy) is 1. The van der Waals surface area contributed by atoms with Gasteiger partial charge in [0.2, 0.25) is 0 Å². The lowest BCUT2D eigenvalue weighted by Gasteiger charge is -2.25. The number of hydrogen-bond acceptors (Lipinski definition) is 4. The van der Waals surface area contributed by atoms with E-state index in [1.54, 1.807) is 7.11 Å². The fourth-order valence-electron chi connectivity index (χ4n) is 4.16. The molecule has 146 valence electrons. The Morgan fingerprint density at radius 3 is 2.32 bits per heavy atom. The summed E-state index contributed by atoms with van der Waals surface area (Å²) in [5.41, 5.74) is 5.96. The van der Waals surface area contributed by atoms with Gasteiger partial charge in [-0.3, -0.25) is 0 Å². The summed E-state index contributed by atoms with van der Waals surface area (Å²) in [6.45, 7) is 9.04. The monoisotopic (exact) mass is 375 g/mol. The zero-order chi connectivity index (χ0) is 19.7. The lowest BCUT2D eigenvalue weighted by molar-refractivity contribution is 0.205. The van der Waals surface area contributed by atoms with E-state index in [1.807, 2.05) is 0 Å². The van der Waals surface area contributed by atoms with Gasteiger partial charge in [0.1, 0.15) is 5.69 Å². The van der Waals surface area contributed by atoms with E-state index in [0.717, 1.165) is 30.5 Å². The second-order valence-corrected chi connectivity index (χ2v) is 8.07. The van der Waals surface area contributed by atoms with E-state index in [1.165, 1.54) is 45.9 Å². The molecule has 1 saturated carbocycles. The Kier molecular flexibility index (Phi) is 5.31. The average molecular weight is 376 g/mol. The fourth-order valence-corrected chi connectivity index (χ4v) is 4.16. The number of methoxy groups -OCH3 is 1. The van der Waals surface area contributed by atoms with Crippen LogP contribution in [-0.2, 0) is 4.74 Å². The molecular formula is C24H29N3O. The van der Waals surface area contributed by atoms with Crippen LogP contribution in [0.1, 0.15) is 29.5 Å². The van der Waals surface area contributed by atoms with E-state index in [2.05, 4.69) is 62.1 Å². The highest BCUT2D eigenvalue weighted by Crippen LogP contribution is 2.37. The highest BCUT2D eigenvalue weighted by Gasteiger charge is 2.26. The molecule has 1 aliphatic rings. The maximum absolute atomic E-state index is 5.35. The zero-order valence-corrected chi connectivity index (χ0v) is 17.3. The minimum Gasteiger partial charge on any atom is -0.383 e. The normalized spacial score (nSPS) is 13.9. The lowest BCUT2D eigenvalue weighted by atomic mass is 9.94. The van der Waals surface area contributed by atoms with Crippen LogP contribution in [0.15, 0.2) is 36.4 Å². The summed E-state index contributed by atoms with van der Waals surface area (Å²) in [6, 6.07) is 13.0. The number of nitrogens with zero attached hydrogens (tertiary/aromatic N) is 3. The molecule has 0 atom stereocenters. The van der Waals surface area contributed by atoms with Crippen molar-refractivity contribution in [2.45, 2.75) is 33.6 Å². The van der Waals surface area contributed by atoms with Gasteiger partial charge >= 0.3 is 0 Å². The maximum Gasteiger partial charge on any atom is 0.159 e. The molecule has 4 nitrogen and oxygen atoms in total. The summed E-state index contributed by atoms with van der Waals surface area (Å²) in [6.07, 6.45) is 2.63. The molecule has 0 saturated heterocycles. The summed E-state index contributed by atoms with van der Waals surface area (Å²) in [7, 11) is 1.76. The number of benzene rings is 2. The van der Waals surface area contributed by atoms with E-state index >= 15 is 0 Å². The summed E-state index contributed by atoms with van der Waals surface area (Å²) < 4.78 is 5.35. The van der Waals surface area contributed by atoms with Crippen LogP contribution in [0.2, 0.25) is 0 Å². The Morgan fingerprint density at radius 1 is 1.00 bits per heavy atom. The molecule has 4 rings (SSSR count). The Hall–Kier alpha value is -2.46. The number of aryl methyl sites for hydroxylation is 3. The molecule has 1 aromatic heterocycles. The SMILES string of the molecule is COCCN(CC1CC1)c1nnc(-c2c(C)cc(C)cc2C)c2ccccc12. The zero-order valence-electron chi connectivity index (χ0n) is 17.3. The van der Waals surface area contributed by atoms with Crippen molar-refractivity contribution in [2.75, 3.05) is 31.7 Å². The van der Waals surface area contributed by atoms with Crippen LogP contribution in [0.25, 0.3) is 22.0 Å². The summed E-state index contributed by atoms with van der Waals surface area (Å²) in [5.74, 6) is 1.75. The minimum atomic E-state index is 0.695. The standard InChI is InChI=1S/C24H29N3O/c1-16-13-17(2)22(18(3)14-16)23-20-7-5-6-8-21(20)24(26-25-23)27(11-12-28-4)15-19-9-10-19/h5-8,13-14,19H,9-12,15H2,1-4H3. The average Bonchev–Trinajstić information content (AvgIpc) is 3.49. The number of aromatic nitrogens is 2. The molecule has 0 amide bonds. The van der Waals surface area contributed by atoms with Gasteiger partial charge in [-0.2, -0.15) is 0 Å². The Bertz CT molecular complexity index is 971. The van der Waals surface area contributed by atoms with E-state index in [-0.39, 0.29) is 0 Å². The molecule has 1 fully saturated rings. The first kappa shape index (κ1) is 18.9. The molecule has 1 aliphatic carbocycles. The lowest BCUT2D eigenvalue weighted by Crippen LogP contribution is -2.30. The second kappa shape index (κ2) is 7.88. The van der Waals surface area contributed by atoms with Crippen molar-refractivity contribution in [3.8, 4) is 11.3 Å². The van der Waals surface area contributed by atoms with Crippen molar-refractivity contribution in [1.29, 1.82) is 0 Å².